The first-order valence-corrected chi connectivity index (χ1v) is 7.60. The molecule has 3 aromatic rings. The monoisotopic (exact) mass is 343 g/mol. The first-order valence-electron chi connectivity index (χ1n) is 6.81. The molecule has 0 saturated carbocycles. The normalized spacial score (nSPS) is 14.6. The van der Waals surface area contributed by atoms with Gasteiger partial charge in [-0.05, 0) is 28.1 Å². The smallest absolute Gasteiger partial charge is 0.180 e. The Balaban J connectivity index is 1.94. The van der Waals surface area contributed by atoms with E-state index in [0.717, 1.165) is 29.2 Å². The topological polar surface area (TPSA) is 36.7 Å². The SMILES string of the molecule is CN1CCN(c2nc(Br)cn3ccnc23)c2ccccc21. The van der Waals surface area contributed by atoms with Crippen LogP contribution in [0.1, 0.15) is 0 Å². The summed E-state index contributed by atoms with van der Waals surface area (Å²) in [5.41, 5.74) is 3.26. The van der Waals surface area contributed by atoms with Crippen molar-refractivity contribution in [3.8, 4) is 0 Å². The molecule has 21 heavy (non-hydrogen) atoms. The lowest BCUT2D eigenvalue weighted by molar-refractivity contribution is 0.811. The highest BCUT2D eigenvalue weighted by atomic mass is 79.9. The predicted molar refractivity (Wildman–Crippen MR) is 87.4 cm³/mol. The van der Waals surface area contributed by atoms with Crippen molar-refractivity contribution in [2.24, 2.45) is 0 Å². The summed E-state index contributed by atoms with van der Waals surface area (Å²) >= 11 is 3.49. The number of imidazole rings is 1. The molecule has 1 aromatic carbocycles. The standard InChI is InChI=1S/C15H14BrN5/c1-19-8-9-21(12-5-3-2-4-11(12)19)15-14-17-6-7-20(14)10-13(16)18-15/h2-7,10H,8-9H2,1H3. The third kappa shape index (κ3) is 1.98. The molecule has 0 amide bonds. The van der Waals surface area contributed by atoms with Crippen LogP contribution in [0.25, 0.3) is 5.65 Å². The molecule has 0 fully saturated rings. The van der Waals surface area contributed by atoms with E-state index in [0.29, 0.717) is 0 Å². The Hall–Kier alpha value is -2.08. The molecule has 0 saturated heterocycles. The van der Waals surface area contributed by atoms with Crippen molar-refractivity contribution in [1.82, 2.24) is 14.4 Å². The summed E-state index contributed by atoms with van der Waals surface area (Å²) in [5.74, 6) is 0.884. The van der Waals surface area contributed by atoms with Gasteiger partial charge >= 0.3 is 0 Å². The van der Waals surface area contributed by atoms with Gasteiger partial charge in [0.25, 0.3) is 0 Å². The van der Waals surface area contributed by atoms with E-state index in [-0.39, 0.29) is 0 Å². The number of rotatable bonds is 1. The van der Waals surface area contributed by atoms with Crippen molar-refractivity contribution in [2.45, 2.75) is 0 Å². The van der Waals surface area contributed by atoms with Crippen molar-refractivity contribution in [1.29, 1.82) is 0 Å². The van der Waals surface area contributed by atoms with Gasteiger partial charge in [-0.2, -0.15) is 0 Å². The van der Waals surface area contributed by atoms with Crippen LogP contribution >= 0.6 is 15.9 Å². The molecule has 0 atom stereocenters. The maximum absolute atomic E-state index is 4.66. The minimum absolute atomic E-state index is 0.805. The highest BCUT2D eigenvalue weighted by Crippen LogP contribution is 2.37. The van der Waals surface area contributed by atoms with Crippen LogP contribution < -0.4 is 9.80 Å². The number of para-hydroxylation sites is 2. The van der Waals surface area contributed by atoms with E-state index in [1.165, 1.54) is 11.4 Å². The summed E-state index contributed by atoms with van der Waals surface area (Å²) in [6.45, 7) is 1.84. The molecule has 0 spiro atoms. The van der Waals surface area contributed by atoms with Crippen molar-refractivity contribution in [2.75, 3.05) is 29.9 Å². The number of aromatic nitrogens is 3. The van der Waals surface area contributed by atoms with Gasteiger partial charge in [-0.3, -0.25) is 0 Å². The molecule has 3 heterocycles. The second kappa shape index (κ2) is 4.73. The van der Waals surface area contributed by atoms with E-state index in [2.05, 4.69) is 67.0 Å². The predicted octanol–water partition coefficient (Wildman–Crippen LogP) is 3.08. The second-order valence-corrected chi connectivity index (χ2v) is 5.92. The minimum atomic E-state index is 0.805. The zero-order valence-corrected chi connectivity index (χ0v) is 13.2. The summed E-state index contributed by atoms with van der Waals surface area (Å²) in [4.78, 5) is 13.6. The molecule has 0 N–H and O–H groups in total. The van der Waals surface area contributed by atoms with Crippen LogP contribution in [0.5, 0.6) is 0 Å². The van der Waals surface area contributed by atoms with E-state index in [9.17, 15) is 0 Å². The highest BCUT2D eigenvalue weighted by molar-refractivity contribution is 9.10. The van der Waals surface area contributed by atoms with Crippen LogP contribution in [0.15, 0.2) is 47.5 Å². The summed E-state index contributed by atoms with van der Waals surface area (Å²) < 4.78 is 2.80. The molecule has 0 radical (unpaired) electrons. The Morgan fingerprint density at radius 2 is 1.95 bits per heavy atom. The van der Waals surface area contributed by atoms with Gasteiger partial charge in [0.15, 0.2) is 11.5 Å². The van der Waals surface area contributed by atoms with Gasteiger partial charge in [0.05, 0.1) is 11.4 Å². The summed E-state index contributed by atoms with van der Waals surface area (Å²) in [6.07, 6.45) is 5.66. The molecular weight excluding hydrogens is 330 g/mol. The zero-order chi connectivity index (χ0) is 14.4. The molecule has 0 unspecified atom stereocenters. The Labute approximate surface area is 131 Å². The van der Waals surface area contributed by atoms with Crippen molar-refractivity contribution >= 4 is 38.8 Å². The number of nitrogens with zero attached hydrogens (tertiary/aromatic N) is 5. The van der Waals surface area contributed by atoms with Crippen LogP contribution in [-0.2, 0) is 0 Å². The van der Waals surface area contributed by atoms with Crippen molar-refractivity contribution in [3.63, 3.8) is 0 Å². The van der Waals surface area contributed by atoms with Crippen LogP contribution in [0.3, 0.4) is 0 Å². The number of anilines is 3. The second-order valence-electron chi connectivity index (χ2n) is 5.11. The first kappa shape index (κ1) is 12.6. The fourth-order valence-corrected chi connectivity index (χ4v) is 3.18. The quantitative estimate of drug-likeness (QED) is 0.680. The maximum Gasteiger partial charge on any atom is 0.180 e. The largest absolute Gasteiger partial charge is 0.371 e. The lowest BCUT2D eigenvalue weighted by Crippen LogP contribution is -2.37. The molecule has 4 rings (SSSR count). The van der Waals surface area contributed by atoms with Gasteiger partial charge in [0.1, 0.15) is 4.60 Å². The van der Waals surface area contributed by atoms with Gasteiger partial charge in [-0.15, -0.1) is 0 Å². The third-order valence-electron chi connectivity index (χ3n) is 3.83. The number of likely N-dealkylation sites (N-methyl/N-ethyl adjacent to an activating group) is 1. The minimum Gasteiger partial charge on any atom is -0.371 e. The fourth-order valence-electron chi connectivity index (χ4n) is 2.79. The van der Waals surface area contributed by atoms with E-state index in [4.69, 9.17) is 0 Å². The maximum atomic E-state index is 4.66. The summed E-state index contributed by atoms with van der Waals surface area (Å²) in [6, 6.07) is 8.40. The summed E-state index contributed by atoms with van der Waals surface area (Å²) in [7, 11) is 2.12. The van der Waals surface area contributed by atoms with Crippen LogP contribution in [0, 0.1) is 0 Å². The van der Waals surface area contributed by atoms with Crippen molar-refractivity contribution < 1.29 is 0 Å². The van der Waals surface area contributed by atoms with E-state index >= 15 is 0 Å². The Bertz CT molecular complexity index is 813. The number of halogens is 1. The number of hydrogen-bond acceptors (Lipinski definition) is 4. The Kier molecular flexibility index (Phi) is 2.85. The molecule has 1 aliphatic rings. The lowest BCUT2D eigenvalue weighted by atomic mass is 10.2. The van der Waals surface area contributed by atoms with Gasteiger partial charge in [-0.1, -0.05) is 12.1 Å². The van der Waals surface area contributed by atoms with Gasteiger partial charge in [-0.25, -0.2) is 9.97 Å². The van der Waals surface area contributed by atoms with Crippen LogP contribution in [0.2, 0.25) is 0 Å². The van der Waals surface area contributed by atoms with E-state index < -0.39 is 0 Å². The first-order chi connectivity index (χ1) is 10.2. The molecular formula is C15H14BrN5. The highest BCUT2D eigenvalue weighted by Gasteiger charge is 2.24. The molecule has 106 valence electrons. The Morgan fingerprint density at radius 3 is 2.81 bits per heavy atom. The summed E-state index contributed by atoms with van der Waals surface area (Å²) in [5, 5.41) is 0. The van der Waals surface area contributed by atoms with Gasteiger partial charge in [0, 0.05) is 38.7 Å². The number of hydrogen-bond donors (Lipinski definition) is 0. The zero-order valence-electron chi connectivity index (χ0n) is 11.6. The number of benzene rings is 1. The number of fused-ring (bicyclic) bond motifs is 2. The van der Waals surface area contributed by atoms with E-state index in [1.54, 1.807) is 6.20 Å². The Morgan fingerprint density at radius 1 is 1.14 bits per heavy atom. The molecule has 2 aromatic heterocycles. The molecule has 0 aliphatic carbocycles. The average molecular weight is 344 g/mol. The van der Waals surface area contributed by atoms with Crippen LogP contribution in [-0.4, -0.2) is 34.5 Å². The third-order valence-corrected chi connectivity index (χ3v) is 4.21. The molecule has 6 heteroatoms. The van der Waals surface area contributed by atoms with Gasteiger partial charge in [0.2, 0.25) is 0 Å². The van der Waals surface area contributed by atoms with E-state index in [1.807, 2.05) is 16.8 Å². The fraction of sp³-hybridized carbons (Fsp3) is 0.200. The molecule has 0 bridgehead atoms. The average Bonchev–Trinajstić information content (AvgIpc) is 2.95. The van der Waals surface area contributed by atoms with Crippen LogP contribution in [0.4, 0.5) is 17.2 Å². The lowest BCUT2D eigenvalue weighted by Gasteiger charge is -2.36. The van der Waals surface area contributed by atoms with Crippen molar-refractivity contribution in [3.05, 3.63) is 47.5 Å². The molecule has 1 aliphatic heterocycles. The van der Waals surface area contributed by atoms with Gasteiger partial charge < -0.3 is 14.2 Å². The molecule has 5 nitrogen and oxygen atoms in total.